The second-order valence-corrected chi connectivity index (χ2v) is 5.63. The standard InChI is InChI=1S/C12H12N4O2S/c1-16-7-3-4-10(16)9-15-19(17,18)12-5-2-6-14-11(12)8-13/h2-7,15H,9H2,1H3. The van der Waals surface area contributed by atoms with Crippen molar-refractivity contribution in [1.82, 2.24) is 14.3 Å². The lowest BCUT2D eigenvalue weighted by molar-refractivity contribution is 0.578. The number of nitrogens with zero attached hydrogens (tertiary/aromatic N) is 3. The number of nitrogens with one attached hydrogen (secondary N) is 1. The molecule has 0 aliphatic carbocycles. The highest BCUT2D eigenvalue weighted by atomic mass is 32.2. The topological polar surface area (TPSA) is 87.8 Å². The van der Waals surface area contributed by atoms with E-state index in [2.05, 4.69) is 9.71 Å². The van der Waals surface area contributed by atoms with Crippen molar-refractivity contribution in [2.24, 2.45) is 7.05 Å². The summed E-state index contributed by atoms with van der Waals surface area (Å²) in [7, 11) is -1.92. The molecule has 7 heteroatoms. The molecule has 0 fully saturated rings. The quantitative estimate of drug-likeness (QED) is 0.893. The smallest absolute Gasteiger partial charge is 0.243 e. The van der Waals surface area contributed by atoms with Crippen molar-refractivity contribution in [3.63, 3.8) is 0 Å². The Balaban J connectivity index is 2.24. The monoisotopic (exact) mass is 276 g/mol. The van der Waals surface area contributed by atoms with E-state index in [-0.39, 0.29) is 17.1 Å². The second kappa shape index (κ2) is 5.22. The van der Waals surface area contributed by atoms with Gasteiger partial charge in [0, 0.05) is 25.1 Å². The van der Waals surface area contributed by atoms with E-state index in [0.29, 0.717) is 0 Å². The van der Waals surface area contributed by atoms with Crippen LogP contribution in [0.25, 0.3) is 0 Å². The van der Waals surface area contributed by atoms with Crippen molar-refractivity contribution in [3.8, 4) is 6.07 Å². The van der Waals surface area contributed by atoms with Crippen LogP contribution in [0.15, 0.2) is 41.6 Å². The molecule has 2 aromatic rings. The van der Waals surface area contributed by atoms with E-state index in [1.54, 1.807) is 6.07 Å². The molecule has 0 bridgehead atoms. The summed E-state index contributed by atoms with van der Waals surface area (Å²) in [6, 6.07) is 8.26. The summed E-state index contributed by atoms with van der Waals surface area (Å²) in [6.07, 6.45) is 3.21. The van der Waals surface area contributed by atoms with Gasteiger partial charge in [-0.05, 0) is 24.3 Å². The first kappa shape index (κ1) is 13.3. The highest BCUT2D eigenvalue weighted by Gasteiger charge is 2.19. The van der Waals surface area contributed by atoms with Crippen molar-refractivity contribution in [3.05, 3.63) is 48.0 Å². The van der Waals surface area contributed by atoms with Gasteiger partial charge in [0.2, 0.25) is 10.0 Å². The Bertz CT molecular complexity index is 728. The molecular weight excluding hydrogens is 264 g/mol. The summed E-state index contributed by atoms with van der Waals surface area (Å²) < 4.78 is 28.5. The maximum atomic E-state index is 12.1. The van der Waals surface area contributed by atoms with Gasteiger partial charge < -0.3 is 4.57 Å². The Morgan fingerprint density at radius 1 is 1.42 bits per heavy atom. The number of hydrogen-bond acceptors (Lipinski definition) is 4. The molecular formula is C12H12N4O2S. The Hall–Kier alpha value is -2.17. The number of nitriles is 1. The molecule has 6 nitrogen and oxygen atoms in total. The lowest BCUT2D eigenvalue weighted by Crippen LogP contribution is -2.25. The highest BCUT2D eigenvalue weighted by Crippen LogP contribution is 2.12. The summed E-state index contributed by atoms with van der Waals surface area (Å²) in [4.78, 5) is 3.64. The molecule has 98 valence electrons. The predicted molar refractivity (Wildman–Crippen MR) is 68.4 cm³/mol. The van der Waals surface area contributed by atoms with E-state index < -0.39 is 10.0 Å². The molecule has 0 radical (unpaired) electrons. The zero-order valence-electron chi connectivity index (χ0n) is 10.2. The van der Waals surface area contributed by atoms with E-state index in [0.717, 1.165) is 5.69 Å². The normalized spacial score (nSPS) is 11.2. The van der Waals surface area contributed by atoms with E-state index in [1.807, 2.05) is 29.9 Å². The zero-order valence-corrected chi connectivity index (χ0v) is 11.1. The fraction of sp³-hybridized carbons (Fsp3) is 0.167. The third-order valence-electron chi connectivity index (χ3n) is 2.66. The van der Waals surface area contributed by atoms with Gasteiger partial charge >= 0.3 is 0 Å². The minimum absolute atomic E-state index is 0.105. The summed E-state index contributed by atoms with van der Waals surface area (Å²) in [5.41, 5.74) is 0.716. The molecule has 1 N–H and O–H groups in total. The van der Waals surface area contributed by atoms with E-state index >= 15 is 0 Å². The second-order valence-electron chi connectivity index (χ2n) is 3.90. The van der Waals surface area contributed by atoms with Crippen molar-refractivity contribution in [2.45, 2.75) is 11.4 Å². The van der Waals surface area contributed by atoms with Crippen LogP contribution in [-0.4, -0.2) is 18.0 Å². The third kappa shape index (κ3) is 2.81. The van der Waals surface area contributed by atoms with Gasteiger partial charge in [0.15, 0.2) is 5.69 Å². The molecule has 2 heterocycles. The summed E-state index contributed by atoms with van der Waals surface area (Å²) in [5.74, 6) is 0. The van der Waals surface area contributed by atoms with Crippen molar-refractivity contribution < 1.29 is 8.42 Å². The minimum Gasteiger partial charge on any atom is -0.353 e. The summed E-state index contributed by atoms with van der Waals surface area (Å²) in [5, 5.41) is 8.87. The van der Waals surface area contributed by atoms with Crippen LogP contribution in [0, 0.1) is 11.3 Å². The maximum Gasteiger partial charge on any atom is 0.243 e. The van der Waals surface area contributed by atoms with Gasteiger partial charge in [-0.3, -0.25) is 0 Å². The molecule has 0 saturated heterocycles. The van der Waals surface area contributed by atoms with Crippen molar-refractivity contribution in [1.29, 1.82) is 5.26 Å². The fourth-order valence-electron chi connectivity index (χ4n) is 1.62. The van der Waals surface area contributed by atoms with Crippen LogP contribution in [0.4, 0.5) is 0 Å². The van der Waals surface area contributed by atoms with Crippen LogP contribution >= 0.6 is 0 Å². The molecule has 0 aromatic carbocycles. The van der Waals surface area contributed by atoms with E-state index in [9.17, 15) is 8.42 Å². The van der Waals surface area contributed by atoms with Crippen LogP contribution in [0.2, 0.25) is 0 Å². The Kier molecular flexibility index (Phi) is 3.64. The predicted octanol–water partition coefficient (Wildman–Crippen LogP) is 0.770. The van der Waals surface area contributed by atoms with E-state index in [1.165, 1.54) is 18.3 Å². The Labute approximate surface area is 111 Å². The van der Waals surface area contributed by atoms with Crippen LogP contribution in [0.3, 0.4) is 0 Å². The molecule has 0 spiro atoms. The molecule has 0 aliphatic rings. The molecule has 0 saturated carbocycles. The van der Waals surface area contributed by atoms with Gasteiger partial charge in [0.05, 0.1) is 6.54 Å². The van der Waals surface area contributed by atoms with Crippen molar-refractivity contribution in [2.75, 3.05) is 0 Å². The van der Waals surface area contributed by atoms with E-state index in [4.69, 9.17) is 5.26 Å². The van der Waals surface area contributed by atoms with Gasteiger partial charge in [-0.25, -0.2) is 18.1 Å². The highest BCUT2D eigenvalue weighted by molar-refractivity contribution is 7.89. The minimum atomic E-state index is -3.74. The summed E-state index contributed by atoms with van der Waals surface area (Å²) in [6.45, 7) is 0.158. The average molecular weight is 276 g/mol. The number of aromatic nitrogens is 2. The molecule has 0 amide bonds. The SMILES string of the molecule is Cn1cccc1CNS(=O)(=O)c1cccnc1C#N. The Morgan fingerprint density at radius 2 is 2.21 bits per heavy atom. The number of hydrogen-bond donors (Lipinski definition) is 1. The first-order chi connectivity index (χ1) is 9.04. The van der Waals surface area contributed by atoms with Crippen LogP contribution in [-0.2, 0) is 23.6 Å². The molecule has 19 heavy (non-hydrogen) atoms. The number of rotatable bonds is 4. The first-order valence-electron chi connectivity index (χ1n) is 5.49. The van der Waals surface area contributed by atoms with Gasteiger partial charge in [-0.15, -0.1) is 0 Å². The number of aryl methyl sites for hydroxylation is 1. The lowest BCUT2D eigenvalue weighted by Gasteiger charge is -2.08. The van der Waals surface area contributed by atoms with Gasteiger partial charge in [0.1, 0.15) is 11.0 Å². The molecule has 2 rings (SSSR count). The maximum absolute atomic E-state index is 12.1. The van der Waals surface area contributed by atoms with Crippen molar-refractivity contribution >= 4 is 10.0 Å². The molecule has 0 unspecified atom stereocenters. The van der Waals surface area contributed by atoms with Crippen LogP contribution in [0.1, 0.15) is 11.4 Å². The third-order valence-corrected chi connectivity index (χ3v) is 4.09. The van der Waals surface area contributed by atoms with Crippen LogP contribution < -0.4 is 4.72 Å². The molecule has 0 atom stereocenters. The Morgan fingerprint density at radius 3 is 2.84 bits per heavy atom. The molecule has 2 aromatic heterocycles. The zero-order chi connectivity index (χ0) is 13.9. The summed E-state index contributed by atoms with van der Waals surface area (Å²) >= 11 is 0. The first-order valence-corrected chi connectivity index (χ1v) is 6.98. The van der Waals surface area contributed by atoms with Gasteiger partial charge in [-0.1, -0.05) is 0 Å². The number of pyridine rings is 1. The lowest BCUT2D eigenvalue weighted by atomic mass is 10.4. The van der Waals surface area contributed by atoms with Gasteiger partial charge in [-0.2, -0.15) is 5.26 Å². The molecule has 0 aliphatic heterocycles. The fourth-order valence-corrected chi connectivity index (χ4v) is 2.72. The largest absolute Gasteiger partial charge is 0.353 e. The number of sulfonamides is 1. The van der Waals surface area contributed by atoms with Gasteiger partial charge in [0.25, 0.3) is 0 Å². The van der Waals surface area contributed by atoms with Crippen LogP contribution in [0.5, 0.6) is 0 Å². The average Bonchev–Trinajstić information content (AvgIpc) is 2.82.